The van der Waals surface area contributed by atoms with Crippen LogP contribution in [0.1, 0.15) is 0 Å². The predicted molar refractivity (Wildman–Crippen MR) is 36.4 cm³/mol. The molecule has 0 aromatic heterocycles. The van der Waals surface area contributed by atoms with E-state index in [1.54, 1.807) is 0 Å². The second kappa shape index (κ2) is 3.54. The van der Waals surface area contributed by atoms with E-state index in [2.05, 4.69) is 0 Å². The van der Waals surface area contributed by atoms with Crippen molar-refractivity contribution < 1.29 is 20.1 Å². The van der Waals surface area contributed by atoms with Gasteiger partial charge in [-0.05, 0) is 0 Å². The summed E-state index contributed by atoms with van der Waals surface area (Å²) in [6, 6.07) is 0. The summed E-state index contributed by atoms with van der Waals surface area (Å²) < 4.78 is 4.98. The molecule has 0 radical (unpaired) electrons. The molecule has 10 heavy (non-hydrogen) atoms. The molecule has 0 amide bonds. The molecule has 0 aromatic carbocycles. The van der Waals surface area contributed by atoms with Gasteiger partial charge in [0.15, 0.2) is 0 Å². The van der Waals surface area contributed by atoms with Gasteiger partial charge in [-0.25, -0.2) is 0 Å². The number of hydrogen-bond acceptors (Lipinski definition) is 5. The van der Waals surface area contributed by atoms with Gasteiger partial charge < -0.3 is 20.1 Å². The van der Waals surface area contributed by atoms with Crippen LogP contribution < -0.4 is 0 Å². The molecule has 1 fully saturated rings. The minimum atomic E-state index is -0.706. The molecule has 1 aliphatic rings. The first-order valence-corrected chi connectivity index (χ1v) is 3.93. The minimum Gasteiger partial charge on any atom is -0.394 e. The largest absolute Gasteiger partial charge is 0.394 e. The van der Waals surface area contributed by atoms with Crippen molar-refractivity contribution >= 4 is 11.8 Å². The van der Waals surface area contributed by atoms with Gasteiger partial charge in [0.05, 0.1) is 13.2 Å². The highest BCUT2D eigenvalue weighted by molar-refractivity contribution is 8.00. The van der Waals surface area contributed by atoms with Crippen molar-refractivity contribution in [3.05, 3.63) is 0 Å². The van der Waals surface area contributed by atoms with Gasteiger partial charge in [-0.2, -0.15) is 0 Å². The van der Waals surface area contributed by atoms with Gasteiger partial charge in [-0.1, -0.05) is 11.8 Å². The Morgan fingerprint density at radius 1 is 1.30 bits per heavy atom. The molecule has 5 heteroatoms. The zero-order valence-electron chi connectivity index (χ0n) is 5.30. The number of hydrogen-bond donors (Lipinski definition) is 3. The van der Waals surface area contributed by atoms with Gasteiger partial charge in [0.2, 0.25) is 0 Å². The third-order valence-electron chi connectivity index (χ3n) is 1.26. The third kappa shape index (κ3) is 1.62. The lowest BCUT2D eigenvalue weighted by Gasteiger charge is -2.07. The van der Waals surface area contributed by atoms with Gasteiger partial charge in [-0.3, -0.25) is 0 Å². The number of thioether (sulfide) groups is 1. The first kappa shape index (κ1) is 8.29. The van der Waals surface area contributed by atoms with E-state index in [9.17, 15) is 0 Å². The van der Waals surface area contributed by atoms with E-state index in [4.69, 9.17) is 20.1 Å². The predicted octanol–water partition coefficient (Wildman–Crippen LogP) is -1.25. The van der Waals surface area contributed by atoms with Crippen LogP contribution in [0.2, 0.25) is 0 Å². The zero-order chi connectivity index (χ0) is 7.56. The Bertz CT molecular complexity index is 110. The van der Waals surface area contributed by atoms with E-state index >= 15 is 0 Å². The molecule has 3 unspecified atom stereocenters. The maximum atomic E-state index is 9.06. The Kier molecular flexibility index (Phi) is 2.94. The lowest BCUT2D eigenvalue weighted by Crippen LogP contribution is -2.24. The van der Waals surface area contributed by atoms with Gasteiger partial charge in [0.1, 0.15) is 17.0 Å². The van der Waals surface area contributed by atoms with E-state index in [1.807, 2.05) is 0 Å². The Morgan fingerprint density at radius 3 is 2.30 bits per heavy atom. The van der Waals surface area contributed by atoms with Crippen LogP contribution in [-0.2, 0) is 4.74 Å². The summed E-state index contributed by atoms with van der Waals surface area (Å²) in [6.45, 7) is -0.330. The summed E-state index contributed by atoms with van der Waals surface area (Å²) in [7, 11) is 0. The van der Waals surface area contributed by atoms with Crippen molar-refractivity contribution in [1.82, 2.24) is 0 Å². The lowest BCUT2D eigenvalue weighted by molar-refractivity contribution is -0.0346. The van der Waals surface area contributed by atoms with Crippen LogP contribution >= 0.6 is 11.8 Å². The Balaban J connectivity index is 2.36. The van der Waals surface area contributed by atoms with Crippen molar-refractivity contribution in [2.24, 2.45) is 0 Å². The Labute approximate surface area is 62.8 Å². The highest BCUT2D eigenvalue weighted by atomic mass is 32.2. The Hall–Kier alpha value is 0.190. The maximum Gasteiger partial charge on any atom is 0.130 e. The third-order valence-corrected chi connectivity index (χ3v) is 2.41. The van der Waals surface area contributed by atoms with Crippen molar-refractivity contribution in [3.8, 4) is 0 Å². The summed E-state index contributed by atoms with van der Waals surface area (Å²) in [5.41, 5.74) is -1.09. The summed E-state index contributed by atoms with van der Waals surface area (Å²) >= 11 is 1.12. The molecule has 0 saturated carbocycles. The van der Waals surface area contributed by atoms with Gasteiger partial charge >= 0.3 is 0 Å². The van der Waals surface area contributed by atoms with Crippen LogP contribution in [0.25, 0.3) is 0 Å². The van der Waals surface area contributed by atoms with Crippen LogP contribution in [0.5, 0.6) is 0 Å². The van der Waals surface area contributed by atoms with Crippen molar-refractivity contribution in [2.75, 3.05) is 13.2 Å². The first-order valence-electron chi connectivity index (χ1n) is 2.98. The lowest BCUT2D eigenvalue weighted by atomic mass is 10.4. The molecule has 0 aliphatic carbocycles. The van der Waals surface area contributed by atoms with E-state index in [0.29, 0.717) is 0 Å². The van der Waals surface area contributed by atoms with Crippen LogP contribution in [0.15, 0.2) is 0 Å². The normalized spacial score (nSPS) is 40.5. The molecule has 1 saturated heterocycles. The molecule has 0 aromatic rings. The van der Waals surface area contributed by atoms with Crippen LogP contribution in [0, 0.1) is 0 Å². The van der Waals surface area contributed by atoms with Crippen molar-refractivity contribution in [2.45, 2.75) is 17.0 Å². The molecule has 60 valence electrons. The number of ether oxygens (including phenoxy) is 1. The average Bonchev–Trinajstić information content (AvgIpc) is 2.30. The fourth-order valence-electron chi connectivity index (χ4n) is 0.757. The fraction of sp³-hybridized carbons (Fsp3) is 1.00. The van der Waals surface area contributed by atoms with E-state index in [-0.39, 0.29) is 18.6 Å². The maximum absolute atomic E-state index is 9.06. The highest BCUT2D eigenvalue weighted by Gasteiger charge is 2.33. The van der Waals surface area contributed by atoms with Gasteiger partial charge in [0, 0.05) is 0 Å². The minimum absolute atomic E-state index is 0.127. The molecule has 1 rings (SSSR count). The van der Waals surface area contributed by atoms with Crippen LogP contribution in [0.4, 0.5) is 0 Å². The summed E-state index contributed by atoms with van der Waals surface area (Å²) in [5.74, 6) is 0. The monoisotopic (exact) mass is 166 g/mol. The zero-order valence-corrected chi connectivity index (χ0v) is 6.12. The van der Waals surface area contributed by atoms with E-state index in [0.717, 1.165) is 11.8 Å². The average molecular weight is 166 g/mol. The highest BCUT2D eigenvalue weighted by Crippen LogP contribution is 2.30. The molecule has 4 nitrogen and oxygen atoms in total. The van der Waals surface area contributed by atoms with Gasteiger partial charge in [0.25, 0.3) is 0 Å². The van der Waals surface area contributed by atoms with Gasteiger partial charge in [-0.15, -0.1) is 0 Å². The molecule has 3 N–H and O–H groups in total. The van der Waals surface area contributed by atoms with Crippen molar-refractivity contribution in [1.29, 1.82) is 0 Å². The molecule has 1 heterocycles. The molecular weight excluding hydrogens is 156 g/mol. The fourth-order valence-corrected chi connectivity index (χ4v) is 1.69. The number of aliphatic hydroxyl groups excluding tert-OH is 3. The standard InChI is InChI=1S/C5H10O4S/c6-1-3-5(8)10-4(2-7)9-3/h3-8H,1-2H2. The van der Waals surface area contributed by atoms with Crippen molar-refractivity contribution in [3.63, 3.8) is 0 Å². The van der Waals surface area contributed by atoms with Crippen LogP contribution in [0.3, 0.4) is 0 Å². The first-order chi connectivity index (χ1) is 4.77. The SMILES string of the molecule is OCC1OC(CO)C(O)S1. The second-order valence-corrected chi connectivity index (χ2v) is 3.28. The van der Waals surface area contributed by atoms with Crippen LogP contribution in [-0.4, -0.2) is 45.5 Å². The van der Waals surface area contributed by atoms with E-state index in [1.165, 1.54) is 0 Å². The smallest absolute Gasteiger partial charge is 0.130 e. The summed E-state index contributed by atoms with van der Waals surface area (Å²) in [5, 5.41) is 26.2. The molecule has 0 spiro atoms. The quantitative estimate of drug-likeness (QED) is 0.478. The summed E-state index contributed by atoms with van der Waals surface area (Å²) in [4.78, 5) is 0. The second-order valence-electron chi connectivity index (χ2n) is 2.00. The Morgan fingerprint density at radius 2 is 2.00 bits per heavy atom. The summed E-state index contributed by atoms with van der Waals surface area (Å²) in [6.07, 6.45) is -0.540. The topological polar surface area (TPSA) is 69.9 Å². The molecule has 3 atom stereocenters. The number of rotatable bonds is 2. The molecule has 0 bridgehead atoms. The van der Waals surface area contributed by atoms with E-state index < -0.39 is 11.5 Å². The molecule has 1 aliphatic heterocycles. The number of aliphatic hydroxyl groups is 3. The molecular formula is C5H10O4S.